The molecule has 1 heterocycles. The van der Waals surface area contributed by atoms with Crippen LogP contribution in [0.5, 0.6) is 11.5 Å². The SMILES string of the molecule is COc1ccccc1OCc1nnc(SCC(=O)Nc2ccccc2F)o1. The second kappa shape index (κ2) is 9.04. The maximum Gasteiger partial charge on any atom is 0.277 e. The maximum atomic E-state index is 13.5. The van der Waals surface area contributed by atoms with Crippen molar-refractivity contribution >= 4 is 23.4 Å². The van der Waals surface area contributed by atoms with Crippen molar-refractivity contribution in [2.24, 2.45) is 0 Å². The summed E-state index contributed by atoms with van der Waals surface area (Å²) in [7, 11) is 1.55. The van der Waals surface area contributed by atoms with Crippen LogP contribution < -0.4 is 14.8 Å². The van der Waals surface area contributed by atoms with Crippen LogP contribution in [0.4, 0.5) is 10.1 Å². The zero-order valence-electron chi connectivity index (χ0n) is 14.3. The van der Waals surface area contributed by atoms with Crippen molar-refractivity contribution in [1.29, 1.82) is 0 Å². The van der Waals surface area contributed by atoms with Gasteiger partial charge in [0.05, 0.1) is 18.6 Å². The number of ether oxygens (including phenoxy) is 2. The van der Waals surface area contributed by atoms with Crippen molar-refractivity contribution in [2.45, 2.75) is 11.8 Å². The highest BCUT2D eigenvalue weighted by molar-refractivity contribution is 7.99. The van der Waals surface area contributed by atoms with Crippen LogP contribution in [0.15, 0.2) is 58.2 Å². The molecule has 0 radical (unpaired) electrons. The third-order valence-electron chi connectivity index (χ3n) is 3.34. The lowest BCUT2D eigenvalue weighted by molar-refractivity contribution is -0.113. The summed E-state index contributed by atoms with van der Waals surface area (Å²) in [6.45, 7) is 0.0648. The smallest absolute Gasteiger partial charge is 0.277 e. The summed E-state index contributed by atoms with van der Waals surface area (Å²) in [5.41, 5.74) is 0.125. The van der Waals surface area contributed by atoms with Crippen LogP contribution >= 0.6 is 11.8 Å². The first-order valence-electron chi connectivity index (χ1n) is 7.91. The van der Waals surface area contributed by atoms with E-state index in [4.69, 9.17) is 13.9 Å². The molecule has 2 aromatic carbocycles. The quantitative estimate of drug-likeness (QED) is 0.590. The van der Waals surface area contributed by atoms with Gasteiger partial charge in [-0.05, 0) is 24.3 Å². The van der Waals surface area contributed by atoms with E-state index in [1.807, 2.05) is 12.1 Å². The predicted octanol–water partition coefficient (Wildman–Crippen LogP) is 3.53. The van der Waals surface area contributed by atoms with Crippen LogP contribution in [-0.4, -0.2) is 29.0 Å². The zero-order valence-corrected chi connectivity index (χ0v) is 15.2. The third-order valence-corrected chi connectivity index (χ3v) is 4.16. The number of aromatic nitrogens is 2. The fourth-order valence-electron chi connectivity index (χ4n) is 2.11. The fraction of sp³-hybridized carbons (Fsp3) is 0.167. The number of benzene rings is 2. The molecule has 1 aromatic heterocycles. The Morgan fingerprint density at radius 1 is 1.15 bits per heavy atom. The Kier molecular flexibility index (Phi) is 6.26. The molecular weight excluding hydrogens is 373 g/mol. The fourth-order valence-corrected chi connectivity index (χ4v) is 2.69. The molecule has 140 valence electrons. The van der Waals surface area contributed by atoms with Crippen molar-refractivity contribution in [1.82, 2.24) is 10.2 Å². The Labute approximate surface area is 158 Å². The molecule has 0 saturated carbocycles. The summed E-state index contributed by atoms with van der Waals surface area (Å²) in [4.78, 5) is 11.9. The molecule has 0 fully saturated rings. The molecule has 0 unspecified atom stereocenters. The van der Waals surface area contributed by atoms with Gasteiger partial charge in [0.1, 0.15) is 5.82 Å². The first kappa shape index (κ1) is 18.7. The van der Waals surface area contributed by atoms with E-state index in [0.29, 0.717) is 11.5 Å². The van der Waals surface area contributed by atoms with Gasteiger partial charge in [0.15, 0.2) is 18.1 Å². The minimum atomic E-state index is -0.496. The molecule has 0 saturated heterocycles. The molecule has 0 spiro atoms. The summed E-state index contributed by atoms with van der Waals surface area (Å²) in [6.07, 6.45) is 0. The number of carbonyl (C=O) groups is 1. The van der Waals surface area contributed by atoms with Crippen LogP contribution in [0.3, 0.4) is 0 Å². The van der Waals surface area contributed by atoms with Gasteiger partial charge in [0, 0.05) is 0 Å². The average Bonchev–Trinajstić information content (AvgIpc) is 3.15. The number of thioether (sulfide) groups is 1. The van der Waals surface area contributed by atoms with E-state index < -0.39 is 5.82 Å². The van der Waals surface area contributed by atoms with E-state index in [-0.39, 0.29) is 35.1 Å². The van der Waals surface area contributed by atoms with E-state index in [2.05, 4.69) is 15.5 Å². The number of halogens is 1. The Hall–Kier alpha value is -3.07. The molecule has 3 rings (SSSR count). The standard InChI is InChI=1S/C18H16FN3O4S/c1-24-14-8-4-5-9-15(14)25-10-17-21-22-18(26-17)27-11-16(23)20-13-7-3-2-6-12(13)19/h2-9H,10-11H2,1H3,(H,20,23). The lowest BCUT2D eigenvalue weighted by atomic mass is 10.3. The molecule has 0 aliphatic heterocycles. The Morgan fingerprint density at radius 3 is 2.67 bits per heavy atom. The van der Waals surface area contributed by atoms with Crippen LogP contribution in [0.25, 0.3) is 0 Å². The van der Waals surface area contributed by atoms with Crippen LogP contribution in [0, 0.1) is 5.82 Å². The third kappa shape index (κ3) is 5.20. The largest absolute Gasteiger partial charge is 0.493 e. The molecule has 0 aliphatic rings. The molecular formula is C18H16FN3O4S. The highest BCUT2D eigenvalue weighted by Gasteiger charge is 2.12. The predicted molar refractivity (Wildman–Crippen MR) is 97.4 cm³/mol. The van der Waals surface area contributed by atoms with Crippen LogP contribution in [0.2, 0.25) is 0 Å². The summed E-state index contributed by atoms with van der Waals surface area (Å²) < 4.78 is 29.7. The highest BCUT2D eigenvalue weighted by atomic mass is 32.2. The maximum absolute atomic E-state index is 13.5. The van der Waals surface area contributed by atoms with Crippen molar-refractivity contribution < 1.29 is 23.1 Å². The van der Waals surface area contributed by atoms with E-state index in [0.717, 1.165) is 11.8 Å². The minimum Gasteiger partial charge on any atom is -0.493 e. The van der Waals surface area contributed by atoms with Gasteiger partial charge >= 0.3 is 0 Å². The number of rotatable bonds is 8. The number of nitrogens with zero attached hydrogens (tertiary/aromatic N) is 2. The second-order valence-corrected chi connectivity index (χ2v) is 6.14. The van der Waals surface area contributed by atoms with Crippen molar-refractivity contribution in [2.75, 3.05) is 18.2 Å². The molecule has 3 aromatic rings. The van der Waals surface area contributed by atoms with Crippen LogP contribution in [0.1, 0.15) is 5.89 Å². The van der Waals surface area contributed by atoms with E-state index in [1.54, 1.807) is 31.4 Å². The van der Waals surface area contributed by atoms with Gasteiger partial charge < -0.3 is 19.2 Å². The van der Waals surface area contributed by atoms with Crippen molar-refractivity contribution in [3.63, 3.8) is 0 Å². The topological polar surface area (TPSA) is 86.5 Å². The summed E-state index contributed by atoms with van der Waals surface area (Å²) in [6, 6.07) is 13.1. The first-order chi connectivity index (χ1) is 13.2. The monoisotopic (exact) mass is 389 g/mol. The van der Waals surface area contributed by atoms with Crippen molar-refractivity contribution in [3.8, 4) is 11.5 Å². The number of hydrogen-bond donors (Lipinski definition) is 1. The molecule has 7 nitrogen and oxygen atoms in total. The first-order valence-corrected chi connectivity index (χ1v) is 8.89. The number of hydrogen-bond acceptors (Lipinski definition) is 7. The second-order valence-electron chi connectivity index (χ2n) is 5.22. The summed E-state index contributed by atoms with van der Waals surface area (Å²) in [5.74, 6) is 0.536. The number of nitrogens with one attached hydrogen (secondary N) is 1. The lowest BCUT2D eigenvalue weighted by Gasteiger charge is -2.07. The van der Waals surface area contributed by atoms with Gasteiger partial charge in [-0.3, -0.25) is 4.79 Å². The normalized spacial score (nSPS) is 10.4. The average molecular weight is 389 g/mol. The summed E-state index contributed by atoms with van der Waals surface area (Å²) >= 11 is 1.05. The zero-order chi connectivity index (χ0) is 19.1. The van der Waals surface area contributed by atoms with Gasteiger partial charge in [-0.25, -0.2) is 4.39 Å². The lowest BCUT2D eigenvalue weighted by Crippen LogP contribution is -2.14. The molecule has 0 bridgehead atoms. The van der Waals surface area contributed by atoms with Gasteiger partial charge in [0.25, 0.3) is 11.1 Å². The Balaban J connectivity index is 1.49. The molecule has 0 atom stereocenters. The number of anilines is 1. The summed E-state index contributed by atoms with van der Waals surface area (Å²) in [5, 5.41) is 10.4. The highest BCUT2D eigenvalue weighted by Crippen LogP contribution is 2.27. The van der Waals surface area contributed by atoms with Gasteiger partial charge in [-0.15, -0.1) is 10.2 Å². The van der Waals surface area contributed by atoms with E-state index in [9.17, 15) is 9.18 Å². The molecule has 1 amide bonds. The number of amides is 1. The molecule has 1 N–H and O–H groups in total. The van der Waals surface area contributed by atoms with E-state index in [1.165, 1.54) is 12.1 Å². The Bertz CT molecular complexity index is 919. The van der Waals surface area contributed by atoms with E-state index >= 15 is 0 Å². The molecule has 0 aliphatic carbocycles. The molecule has 27 heavy (non-hydrogen) atoms. The minimum absolute atomic E-state index is 0.00331. The van der Waals surface area contributed by atoms with Crippen LogP contribution in [-0.2, 0) is 11.4 Å². The molecule has 9 heteroatoms. The Morgan fingerprint density at radius 2 is 1.89 bits per heavy atom. The van der Waals surface area contributed by atoms with Gasteiger partial charge in [-0.2, -0.15) is 0 Å². The van der Waals surface area contributed by atoms with Gasteiger partial charge in [-0.1, -0.05) is 36.0 Å². The number of para-hydroxylation sites is 3. The van der Waals surface area contributed by atoms with Gasteiger partial charge in [0.2, 0.25) is 5.91 Å². The van der Waals surface area contributed by atoms with Crippen molar-refractivity contribution in [3.05, 3.63) is 60.2 Å². The number of carbonyl (C=O) groups excluding carboxylic acids is 1. The number of methoxy groups -OCH3 is 1.